The van der Waals surface area contributed by atoms with Crippen LogP contribution in [0.2, 0.25) is 0 Å². The van der Waals surface area contributed by atoms with Gasteiger partial charge in [-0.05, 0) is 89.7 Å². The number of carbonyl (C=O) groups is 4. The van der Waals surface area contributed by atoms with Crippen LogP contribution in [-0.4, -0.2) is 134 Å². The molecule has 3 amide bonds. The summed E-state index contributed by atoms with van der Waals surface area (Å²) in [4.78, 5) is 56.3. The fourth-order valence-corrected chi connectivity index (χ4v) is 7.39. The van der Waals surface area contributed by atoms with Gasteiger partial charge in [0, 0.05) is 59.1 Å². The number of carbonyl (C=O) groups excluding carboxylic acids is 4. The van der Waals surface area contributed by atoms with Gasteiger partial charge < -0.3 is 36.0 Å². The zero-order valence-electron chi connectivity index (χ0n) is 36.6. The molecule has 4 heterocycles. The number of amides is 3. The van der Waals surface area contributed by atoms with E-state index in [-0.39, 0.29) is 18.0 Å². The summed E-state index contributed by atoms with van der Waals surface area (Å²) in [5, 5.41) is 20.8. The minimum absolute atomic E-state index is 0.168. The van der Waals surface area contributed by atoms with Crippen LogP contribution in [-0.2, 0) is 20.8 Å². The summed E-state index contributed by atoms with van der Waals surface area (Å²) in [7, 11) is 11.1. The van der Waals surface area contributed by atoms with E-state index in [1.165, 1.54) is 35.5 Å². The molecule has 1 aromatic carbocycles. The van der Waals surface area contributed by atoms with Gasteiger partial charge in [0.2, 0.25) is 18.7 Å². The summed E-state index contributed by atoms with van der Waals surface area (Å²) in [6.07, 6.45) is 18.2. The number of likely N-dealkylation sites (N-methyl/N-ethyl adjacent to an activating group) is 1. The number of hydrogen-bond acceptors (Lipinski definition) is 11. The molecule has 1 aliphatic carbocycles. The molecule has 0 bridgehead atoms. The minimum atomic E-state index is -0.564. The van der Waals surface area contributed by atoms with Gasteiger partial charge in [-0.25, -0.2) is 13.9 Å². The van der Waals surface area contributed by atoms with Crippen molar-refractivity contribution in [3.05, 3.63) is 66.8 Å². The minimum Gasteiger partial charge on any atom is -0.385 e. The Labute approximate surface area is 359 Å². The summed E-state index contributed by atoms with van der Waals surface area (Å²) in [6, 6.07) is 7.80. The van der Waals surface area contributed by atoms with Crippen LogP contribution >= 0.6 is 0 Å². The Morgan fingerprint density at radius 3 is 2.36 bits per heavy atom. The smallest absolute Gasteiger partial charge is 0.242 e. The first-order valence-corrected chi connectivity index (χ1v) is 21.2. The van der Waals surface area contributed by atoms with Crippen LogP contribution in [0.5, 0.6) is 0 Å². The highest BCUT2D eigenvalue weighted by Gasteiger charge is 2.35. The monoisotopic (exact) mass is 845 g/mol. The number of alkyl halides is 1. The van der Waals surface area contributed by atoms with Gasteiger partial charge in [-0.15, -0.1) is 6.58 Å². The van der Waals surface area contributed by atoms with Crippen molar-refractivity contribution in [2.45, 2.75) is 88.5 Å². The van der Waals surface area contributed by atoms with Gasteiger partial charge in [-0.3, -0.25) is 23.9 Å². The van der Waals surface area contributed by atoms with E-state index in [1.807, 2.05) is 55.1 Å². The lowest BCUT2D eigenvalue weighted by Crippen LogP contribution is -2.46. The number of piperidine rings is 1. The van der Waals surface area contributed by atoms with Crippen LogP contribution < -0.4 is 31.1 Å². The van der Waals surface area contributed by atoms with Crippen LogP contribution in [0.4, 0.5) is 21.5 Å². The Balaban J connectivity index is 0.000000236. The highest BCUT2D eigenvalue weighted by Crippen LogP contribution is 2.34. The molecule has 332 valence electrons. The number of aldehydes is 1. The van der Waals surface area contributed by atoms with Crippen LogP contribution in [0.15, 0.2) is 55.5 Å². The third-order valence-corrected chi connectivity index (χ3v) is 11.0. The predicted molar refractivity (Wildman–Crippen MR) is 240 cm³/mol. The van der Waals surface area contributed by atoms with Gasteiger partial charge in [0.25, 0.3) is 0 Å². The first kappa shape index (κ1) is 48.0. The number of likely N-dealkylation sites (tertiary alicyclic amines) is 1. The van der Waals surface area contributed by atoms with E-state index in [4.69, 9.17) is 0 Å². The number of nitrogens with one attached hydrogen (secondary N) is 4. The van der Waals surface area contributed by atoms with Crippen molar-refractivity contribution in [3.63, 3.8) is 0 Å². The van der Waals surface area contributed by atoms with Crippen LogP contribution in [0.1, 0.15) is 79.9 Å². The van der Waals surface area contributed by atoms with E-state index in [2.05, 4.69) is 49.1 Å². The average molecular weight is 845 g/mol. The number of para-hydroxylation sites is 1. The van der Waals surface area contributed by atoms with E-state index in [0.29, 0.717) is 29.9 Å². The standard InChI is InChI=1S/C23H38N4O2.C17H19N7O2.C4H8FN/c1-6-7-15-21(23(29)25-3)27(18-28)20-16-12-14-19(22(20)26(4)5)13-10-8-9-11-17-24-2;1-18-16-6-15(21-24-14(10-25)8-19-17(16)24)12-7-20-23(9-12)13-2-4-22(11-26)5-3-13;1-6-4-2-3(4)5/h6,12,14,16,18,21,24H,1,7-11,13,15,17H2,2-5H3,(H,25,29);6-11,13,18H,2-5H2,1H3;3-4,6H,2H2,1H3/t;;3-,4+/m..0/s1. The molecule has 2 aliphatic rings. The molecule has 1 unspecified atom stereocenters. The van der Waals surface area contributed by atoms with Crippen LogP contribution in [0.25, 0.3) is 16.9 Å². The number of hydrogen-bond donors (Lipinski definition) is 4. The van der Waals surface area contributed by atoms with Gasteiger partial charge in [-0.1, -0.05) is 31.1 Å². The van der Waals surface area contributed by atoms with Gasteiger partial charge in [0.05, 0.1) is 41.2 Å². The van der Waals surface area contributed by atoms with Gasteiger partial charge in [0.15, 0.2) is 11.9 Å². The maximum Gasteiger partial charge on any atom is 0.242 e. The van der Waals surface area contributed by atoms with Gasteiger partial charge in [0.1, 0.15) is 17.9 Å². The van der Waals surface area contributed by atoms with Gasteiger partial charge in [-0.2, -0.15) is 10.2 Å². The number of imidazole rings is 1. The largest absolute Gasteiger partial charge is 0.385 e. The molecule has 3 aromatic heterocycles. The second-order valence-electron chi connectivity index (χ2n) is 15.4. The highest BCUT2D eigenvalue weighted by atomic mass is 19.1. The maximum absolute atomic E-state index is 12.5. The fraction of sp³-hybridized carbons (Fsp3) is 0.523. The topological polar surface area (TPSA) is 174 Å². The zero-order valence-corrected chi connectivity index (χ0v) is 36.6. The molecule has 1 saturated carbocycles. The molecular formula is C44H65FN12O4. The molecule has 0 spiro atoms. The van der Waals surface area contributed by atoms with Crippen molar-refractivity contribution in [2.75, 3.05) is 77.0 Å². The van der Waals surface area contributed by atoms with Crippen molar-refractivity contribution in [2.24, 2.45) is 0 Å². The molecule has 4 N–H and O–H groups in total. The average Bonchev–Trinajstić information content (AvgIpc) is 3.59. The van der Waals surface area contributed by atoms with Crippen molar-refractivity contribution in [1.29, 1.82) is 0 Å². The Morgan fingerprint density at radius 2 is 1.79 bits per heavy atom. The number of halogens is 1. The number of rotatable bonds is 21. The van der Waals surface area contributed by atoms with E-state index < -0.39 is 12.2 Å². The number of aromatic nitrogens is 5. The molecule has 6 rings (SSSR count). The zero-order chi connectivity index (χ0) is 44.3. The van der Waals surface area contributed by atoms with Crippen molar-refractivity contribution < 1.29 is 23.6 Å². The van der Waals surface area contributed by atoms with E-state index >= 15 is 0 Å². The second-order valence-corrected chi connectivity index (χ2v) is 15.4. The van der Waals surface area contributed by atoms with Crippen molar-refractivity contribution >= 4 is 47.7 Å². The summed E-state index contributed by atoms with van der Waals surface area (Å²) in [5.41, 5.74) is 6.34. The first-order chi connectivity index (χ1) is 29.6. The Kier molecular flexibility index (Phi) is 19.3. The second kappa shape index (κ2) is 24.5. The number of allylic oxidation sites excluding steroid dienone is 1. The molecule has 4 aromatic rings. The predicted octanol–water partition coefficient (Wildman–Crippen LogP) is 4.68. The third kappa shape index (κ3) is 13.2. The van der Waals surface area contributed by atoms with Crippen molar-refractivity contribution in [1.82, 2.24) is 45.2 Å². The number of fused-ring (bicyclic) bond motifs is 1. The molecule has 16 nitrogen and oxygen atoms in total. The normalized spacial score (nSPS) is 16.3. The number of benzene rings is 1. The Morgan fingerprint density at radius 1 is 1.05 bits per heavy atom. The molecule has 61 heavy (non-hydrogen) atoms. The number of aryl methyl sites for hydroxylation is 1. The van der Waals surface area contributed by atoms with Crippen LogP contribution in [0.3, 0.4) is 0 Å². The lowest BCUT2D eigenvalue weighted by molar-refractivity contribution is -0.123. The molecule has 0 radical (unpaired) electrons. The lowest BCUT2D eigenvalue weighted by Gasteiger charge is -2.31. The quantitative estimate of drug-likeness (QED) is 0.0522. The van der Waals surface area contributed by atoms with Crippen LogP contribution in [0, 0.1) is 0 Å². The summed E-state index contributed by atoms with van der Waals surface area (Å²) >= 11 is 0. The summed E-state index contributed by atoms with van der Waals surface area (Å²) in [6.45, 7) is 6.29. The fourth-order valence-electron chi connectivity index (χ4n) is 7.39. The lowest BCUT2D eigenvalue weighted by atomic mass is 10.0. The van der Waals surface area contributed by atoms with Gasteiger partial charge >= 0.3 is 0 Å². The number of unbranched alkanes of at least 4 members (excludes halogenated alkanes) is 3. The molecule has 3 atom stereocenters. The summed E-state index contributed by atoms with van der Waals surface area (Å²) in [5.74, 6) is -0.168. The Hall–Kier alpha value is -5.68. The van der Waals surface area contributed by atoms with Crippen molar-refractivity contribution in [3.8, 4) is 11.3 Å². The highest BCUT2D eigenvalue weighted by molar-refractivity contribution is 5.95. The number of nitrogens with zero attached hydrogens (tertiary/aromatic N) is 8. The molecule has 17 heteroatoms. The molecule has 1 aliphatic heterocycles. The maximum atomic E-state index is 12.5. The van der Waals surface area contributed by atoms with E-state index in [0.717, 1.165) is 93.5 Å². The third-order valence-electron chi connectivity index (χ3n) is 11.0. The molecular weight excluding hydrogens is 780 g/mol. The molecule has 2 fully saturated rings. The van der Waals surface area contributed by atoms with E-state index in [9.17, 15) is 23.6 Å². The number of anilines is 3. The Bertz CT molecular complexity index is 2010. The SMILES string of the molecule is C=CCCC(C(=O)NC)N(C=O)c1cccc(CCCCCCNC)c1N(C)C.CN[C@@H]1C[C@@H]1F.CNc1cc(-c2cnn(C3CCN(C=O)CC3)c2)nn2c(C=O)cnc12. The molecule has 1 saturated heterocycles. The summed E-state index contributed by atoms with van der Waals surface area (Å²) < 4.78 is 15.2. The van der Waals surface area contributed by atoms with E-state index in [1.54, 1.807) is 43.2 Å². The first-order valence-electron chi connectivity index (χ1n) is 21.2.